The Morgan fingerprint density at radius 1 is 1.00 bits per heavy atom. The van der Waals surface area contributed by atoms with E-state index in [0.717, 1.165) is 27.6 Å². The normalized spacial score (nSPS) is 10.7. The zero-order valence-electron chi connectivity index (χ0n) is 11.3. The van der Waals surface area contributed by atoms with Crippen LogP contribution in [0.25, 0.3) is 28.2 Å². The van der Waals surface area contributed by atoms with E-state index in [0.29, 0.717) is 0 Å². The molecule has 0 saturated heterocycles. The molecule has 1 aromatic heterocycles. The fraction of sp³-hybridized carbons (Fsp3) is 0.0556. The van der Waals surface area contributed by atoms with Gasteiger partial charge in [0.15, 0.2) is 0 Å². The van der Waals surface area contributed by atoms with Gasteiger partial charge in [-0.3, -0.25) is 9.36 Å². The highest BCUT2D eigenvalue weighted by Gasteiger charge is 2.13. The van der Waals surface area contributed by atoms with Crippen molar-refractivity contribution in [2.24, 2.45) is 0 Å². The first-order valence-corrected chi connectivity index (χ1v) is 6.56. The Labute approximate surface area is 117 Å². The van der Waals surface area contributed by atoms with Gasteiger partial charge in [0.05, 0.1) is 11.1 Å². The number of rotatable bonds is 2. The van der Waals surface area contributed by atoms with E-state index in [4.69, 9.17) is 0 Å². The lowest BCUT2D eigenvalue weighted by Gasteiger charge is -2.13. The fourth-order valence-electron chi connectivity index (χ4n) is 2.65. The van der Waals surface area contributed by atoms with Gasteiger partial charge in [-0.1, -0.05) is 55.1 Å². The summed E-state index contributed by atoms with van der Waals surface area (Å²) >= 11 is 0. The molecule has 2 aromatic carbocycles. The number of benzene rings is 2. The third-order valence-electron chi connectivity index (χ3n) is 3.62. The predicted molar refractivity (Wildman–Crippen MR) is 84.8 cm³/mol. The summed E-state index contributed by atoms with van der Waals surface area (Å²) in [6, 6.07) is 17.7. The molecule has 0 bridgehead atoms. The standard InChI is InChI=1S/C18H15NO/c1-3-19-16-12-8-7-11-15(16)13(2)17(18(19)20)14-9-5-4-6-10-14/h3-12H,1H2,2H3. The average Bonchev–Trinajstić information content (AvgIpc) is 2.49. The van der Waals surface area contributed by atoms with Gasteiger partial charge in [0.1, 0.15) is 0 Å². The molecule has 0 aliphatic rings. The van der Waals surface area contributed by atoms with E-state index in [9.17, 15) is 4.79 Å². The van der Waals surface area contributed by atoms with Crippen molar-refractivity contribution in [3.63, 3.8) is 0 Å². The van der Waals surface area contributed by atoms with Crippen molar-refractivity contribution in [1.82, 2.24) is 4.57 Å². The molecule has 0 N–H and O–H groups in total. The highest BCUT2D eigenvalue weighted by molar-refractivity contribution is 5.89. The van der Waals surface area contributed by atoms with Crippen molar-refractivity contribution >= 4 is 17.1 Å². The number of pyridine rings is 1. The van der Waals surface area contributed by atoms with E-state index in [1.807, 2.05) is 61.5 Å². The molecular formula is C18H15NO. The molecular weight excluding hydrogens is 246 g/mol. The second kappa shape index (κ2) is 4.82. The van der Waals surface area contributed by atoms with E-state index in [1.54, 1.807) is 10.8 Å². The Morgan fingerprint density at radius 3 is 2.35 bits per heavy atom. The SMILES string of the molecule is C=Cn1c(=O)c(-c2ccccc2)c(C)c2ccccc21. The Balaban J connectivity index is 2.51. The van der Waals surface area contributed by atoms with Crippen molar-refractivity contribution < 1.29 is 0 Å². The summed E-state index contributed by atoms with van der Waals surface area (Å²) in [7, 11) is 0. The number of fused-ring (bicyclic) bond motifs is 1. The first-order valence-electron chi connectivity index (χ1n) is 6.56. The Bertz CT molecular complexity index is 844. The summed E-state index contributed by atoms with van der Waals surface area (Å²) < 4.78 is 1.62. The first kappa shape index (κ1) is 12.4. The van der Waals surface area contributed by atoms with Crippen molar-refractivity contribution in [2.45, 2.75) is 6.92 Å². The first-order chi connectivity index (χ1) is 9.74. The van der Waals surface area contributed by atoms with Gasteiger partial charge in [0.2, 0.25) is 0 Å². The predicted octanol–water partition coefficient (Wildman–Crippen LogP) is 4.08. The average molecular weight is 261 g/mol. The molecule has 3 aromatic rings. The molecule has 0 aliphatic carbocycles. The van der Waals surface area contributed by atoms with Gasteiger partial charge in [-0.15, -0.1) is 0 Å². The van der Waals surface area contributed by atoms with Crippen molar-refractivity contribution in [3.05, 3.63) is 77.1 Å². The Hall–Kier alpha value is -2.61. The van der Waals surface area contributed by atoms with Gasteiger partial charge < -0.3 is 0 Å². The van der Waals surface area contributed by atoms with E-state index in [1.165, 1.54) is 0 Å². The summed E-state index contributed by atoms with van der Waals surface area (Å²) in [5.74, 6) is 0. The van der Waals surface area contributed by atoms with Crippen LogP contribution < -0.4 is 5.56 Å². The summed E-state index contributed by atoms with van der Waals surface area (Å²) in [6.07, 6.45) is 1.58. The van der Waals surface area contributed by atoms with E-state index < -0.39 is 0 Å². The lowest BCUT2D eigenvalue weighted by atomic mass is 9.98. The zero-order valence-corrected chi connectivity index (χ0v) is 11.3. The highest BCUT2D eigenvalue weighted by atomic mass is 16.1. The molecule has 0 spiro atoms. The van der Waals surface area contributed by atoms with Crippen LogP contribution in [0, 0.1) is 6.92 Å². The maximum Gasteiger partial charge on any atom is 0.263 e. The maximum absolute atomic E-state index is 12.7. The molecule has 0 fully saturated rings. The molecule has 2 heteroatoms. The van der Waals surface area contributed by atoms with Crippen molar-refractivity contribution in [2.75, 3.05) is 0 Å². The number of hydrogen-bond acceptors (Lipinski definition) is 1. The molecule has 0 amide bonds. The lowest BCUT2D eigenvalue weighted by Crippen LogP contribution is -2.19. The van der Waals surface area contributed by atoms with Crippen LogP contribution in [-0.2, 0) is 0 Å². The molecule has 0 atom stereocenters. The third-order valence-corrected chi connectivity index (χ3v) is 3.62. The molecule has 0 radical (unpaired) electrons. The zero-order chi connectivity index (χ0) is 14.1. The number of aromatic nitrogens is 1. The molecule has 98 valence electrons. The molecule has 0 aliphatic heterocycles. The largest absolute Gasteiger partial charge is 0.284 e. The van der Waals surface area contributed by atoms with E-state index >= 15 is 0 Å². The minimum atomic E-state index is -0.0256. The second-order valence-electron chi connectivity index (χ2n) is 4.74. The van der Waals surface area contributed by atoms with E-state index in [-0.39, 0.29) is 5.56 Å². The number of para-hydroxylation sites is 1. The molecule has 3 rings (SSSR count). The van der Waals surface area contributed by atoms with Crippen LogP contribution in [0.1, 0.15) is 5.56 Å². The quantitative estimate of drug-likeness (QED) is 0.681. The highest BCUT2D eigenvalue weighted by Crippen LogP contribution is 2.26. The van der Waals surface area contributed by atoms with Crippen LogP contribution in [-0.4, -0.2) is 4.57 Å². The topological polar surface area (TPSA) is 22.0 Å². The van der Waals surface area contributed by atoms with Crippen LogP contribution in [0.2, 0.25) is 0 Å². The van der Waals surface area contributed by atoms with Gasteiger partial charge in [0, 0.05) is 11.6 Å². The van der Waals surface area contributed by atoms with Crippen LogP contribution in [0.3, 0.4) is 0 Å². The molecule has 1 heterocycles. The van der Waals surface area contributed by atoms with Crippen LogP contribution in [0.4, 0.5) is 0 Å². The summed E-state index contributed by atoms with van der Waals surface area (Å²) in [5.41, 5.74) is 3.56. The number of nitrogens with zero attached hydrogens (tertiary/aromatic N) is 1. The van der Waals surface area contributed by atoms with Gasteiger partial charge in [-0.05, 0) is 24.1 Å². The van der Waals surface area contributed by atoms with Crippen LogP contribution in [0.15, 0.2) is 66.0 Å². The lowest BCUT2D eigenvalue weighted by molar-refractivity contribution is 1.11. The summed E-state index contributed by atoms with van der Waals surface area (Å²) in [4.78, 5) is 12.7. The monoisotopic (exact) mass is 261 g/mol. The molecule has 2 nitrogen and oxygen atoms in total. The number of aryl methyl sites for hydroxylation is 1. The van der Waals surface area contributed by atoms with Crippen molar-refractivity contribution in [3.8, 4) is 11.1 Å². The smallest absolute Gasteiger partial charge is 0.263 e. The van der Waals surface area contributed by atoms with Crippen LogP contribution >= 0.6 is 0 Å². The molecule has 20 heavy (non-hydrogen) atoms. The van der Waals surface area contributed by atoms with Gasteiger partial charge >= 0.3 is 0 Å². The molecule has 0 unspecified atom stereocenters. The Kier molecular flexibility index (Phi) is 2.99. The van der Waals surface area contributed by atoms with E-state index in [2.05, 4.69) is 6.58 Å². The summed E-state index contributed by atoms with van der Waals surface area (Å²) in [5, 5.41) is 1.07. The van der Waals surface area contributed by atoms with Crippen molar-refractivity contribution in [1.29, 1.82) is 0 Å². The minimum absolute atomic E-state index is 0.0256. The van der Waals surface area contributed by atoms with Gasteiger partial charge in [0.25, 0.3) is 5.56 Å². The maximum atomic E-state index is 12.7. The fourth-order valence-corrected chi connectivity index (χ4v) is 2.65. The van der Waals surface area contributed by atoms with Gasteiger partial charge in [-0.25, -0.2) is 0 Å². The number of hydrogen-bond donors (Lipinski definition) is 0. The van der Waals surface area contributed by atoms with Crippen LogP contribution in [0.5, 0.6) is 0 Å². The molecule has 0 saturated carbocycles. The van der Waals surface area contributed by atoms with Gasteiger partial charge in [-0.2, -0.15) is 0 Å². The third kappa shape index (κ3) is 1.77. The summed E-state index contributed by atoms with van der Waals surface area (Å²) in [6.45, 7) is 5.77. The Morgan fingerprint density at radius 2 is 1.65 bits per heavy atom. The second-order valence-corrected chi connectivity index (χ2v) is 4.74. The minimum Gasteiger partial charge on any atom is -0.284 e.